The van der Waals surface area contributed by atoms with Gasteiger partial charge in [0.25, 0.3) is 0 Å². The van der Waals surface area contributed by atoms with E-state index in [0.717, 1.165) is 0 Å². The number of benzene rings is 3. The van der Waals surface area contributed by atoms with Crippen LogP contribution in [0.15, 0.2) is 91.0 Å². The van der Waals surface area contributed by atoms with Crippen molar-refractivity contribution in [3.8, 4) is 0 Å². The SMILES string of the molecule is CC(C)[P+](c1ccccc1)(c1ccccc1)c1ccccc1.[Ar].[I-]. The first-order chi connectivity index (χ1) is 10.8. The van der Waals surface area contributed by atoms with Crippen LogP contribution >= 0.6 is 7.26 Å². The predicted molar refractivity (Wildman–Crippen MR) is 100 cm³/mol. The maximum absolute atomic E-state index is 2.36. The number of halogens is 1. The van der Waals surface area contributed by atoms with Crippen LogP contribution in [-0.2, 0) is 0 Å². The van der Waals surface area contributed by atoms with Gasteiger partial charge in [-0.3, -0.25) is 0 Å². The van der Waals surface area contributed by atoms with Gasteiger partial charge in [0.15, 0.2) is 0 Å². The zero-order valence-electron chi connectivity index (χ0n) is 13.9. The van der Waals surface area contributed by atoms with Crippen molar-refractivity contribution in [2.45, 2.75) is 19.5 Å². The fourth-order valence-corrected chi connectivity index (χ4v) is 7.94. The van der Waals surface area contributed by atoms with E-state index < -0.39 is 7.26 Å². The molecule has 24 heavy (non-hydrogen) atoms. The van der Waals surface area contributed by atoms with Gasteiger partial charge in [-0.25, -0.2) is 0 Å². The van der Waals surface area contributed by atoms with Crippen LogP contribution in [0.3, 0.4) is 0 Å². The molecule has 0 bridgehead atoms. The molecule has 0 spiro atoms. The van der Waals surface area contributed by atoms with Gasteiger partial charge in [-0.1, -0.05) is 54.6 Å². The van der Waals surface area contributed by atoms with Crippen LogP contribution in [-0.4, -0.2) is 5.66 Å². The van der Waals surface area contributed by atoms with Gasteiger partial charge in [0.05, 0.1) is 5.66 Å². The number of hydrogen-bond donors (Lipinski definition) is 0. The molecule has 126 valence electrons. The molecule has 0 radical (unpaired) electrons. The van der Waals surface area contributed by atoms with Gasteiger partial charge in [-0.15, -0.1) is 0 Å². The number of rotatable bonds is 4. The van der Waals surface area contributed by atoms with Crippen molar-refractivity contribution in [1.82, 2.24) is 0 Å². The predicted octanol–water partition coefficient (Wildman–Crippen LogP) is 1.39. The van der Waals surface area contributed by atoms with E-state index in [-0.39, 0.29) is 61.7 Å². The first-order valence-corrected chi connectivity index (χ1v) is 9.67. The van der Waals surface area contributed by atoms with Crippen molar-refractivity contribution >= 4 is 23.2 Å². The summed E-state index contributed by atoms with van der Waals surface area (Å²) >= 11 is 0. The second-order valence-electron chi connectivity index (χ2n) is 5.82. The molecular weight excluding hydrogens is 450 g/mol. The molecule has 0 aliphatic rings. The van der Waals surface area contributed by atoms with Gasteiger partial charge in [0.1, 0.15) is 23.2 Å². The summed E-state index contributed by atoms with van der Waals surface area (Å²) in [4.78, 5) is 0. The van der Waals surface area contributed by atoms with Gasteiger partial charge in [-0.05, 0) is 50.2 Å². The molecule has 3 rings (SSSR count). The maximum Gasteiger partial charge on any atom is 0.114 e. The number of hydrogen-bond acceptors (Lipinski definition) is 0. The molecule has 0 saturated heterocycles. The maximum atomic E-state index is 2.36. The third-order valence-electron chi connectivity index (χ3n) is 4.26. The molecular formula is C21H22ArIP. The van der Waals surface area contributed by atoms with Gasteiger partial charge in [-0.2, -0.15) is 0 Å². The summed E-state index contributed by atoms with van der Waals surface area (Å²) in [5.41, 5.74) is 0.555. The molecule has 0 N–H and O–H groups in total. The molecule has 0 aromatic heterocycles. The largest absolute Gasteiger partial charge is 1.00 e. The molecule has 0 heterocycles. The van der Waals surface area contributed by atoms with Gasteiger partial charge in [0, 0.05) is 37.7 Å². The van der Waals surface area contributed by atoms with Crippen LogP contribution in [0.1, 0.15) is 13.8 Å². The molecule has 3 aromatic rings. The van der Waals surface area contributed by atoms with Crippen LogP contribution in [0.2, 0.25) is 0 Å². The van der Waals surface area contributed by atoms with E-state index in [9.17, 15) is 0 Å². The van der Waals surface area contributed by atoms with Gasteiger partial charge < -0.3 is 24.0 Å². The second kappa shape index (κ2) is 10.3. The van der Waals surface area contributed by atoms with Crippen molar-refractivity contribution in [3.05, 3.63) is 91.0 Å². The van der Waals surface area contributed by atoms with E-state index in [0.29, 0.717) is 5.66 Å². The Kier molecular flexibility index (Phi) is 9.48. The van der Waals surface area contributed by atoms with Crippen molar-refractivity contribution in [2.75, 3.05) is 0 Å². The first-order valence-electron chi connectivity index (χ1n) is 7.82. The molecule has 0 aliphatic carbocycles. The van der Waals surface area contributed by atoms with Gasteiger partial charge in [0.2, 0.25) is 0 Å². The normalized spacial score (nSPS) is 10.6. The summed E-state index contributed by atoms with van der Waals surface area (Å²) < 4.78 is 0. The summed E-state index contributed by atoms with van der Waals surface area (Å²) in [6.07, 6.45) is 0. The van der Waals surface area contributed by atoms with E-state index in [2.05, 4.69) is 105 Å². The molecule has 0 atom stereocenters. The molecule has 0 nitrogen and oxygen atoms in total. The van der Waals surface area contributed by atoms with E-state index in [1.807, 2.05) is 0 Å². The summed E-state index contributed by atoms with van der Waals surface area (Å²) in [7, 11) is -1.63. The van der Waals surface area contributed by atoms with E-state index in [1.54, 1.807) is 0 Å². The van der Waals surface area contributed by atoms with Gasteiger partial charge >= 0.3 is 0 Å². The van der Waals surface area contributed by atoms with Crippen molar-refractivity contribution < 1.29 is 61.7 Å². The minimum absolute atomic E-state index is 0. The molecule has 0 fully saturated rings. The van der Waals surface area contributed by atoms with Crippen LogP contribution in [0, 0.1) is 37.7 Å². The Bertz CT molecular complexity index is 618. The second-order valence-corrected chi connectivity index (χ2v) is 9.85. The molecule has 0 amide bonds. The molecule has 3 heteroatoms. The van der Waals surface area contributed by atoms with E-state index in [4.69, 9.17) is 0 Å². The first kappa shape index (κ1) is 22.1. The monoisotopic (exact) mass is 472 g/mol. The standard InChI is InChI=1S/C21H22P.Ar.HI/c1-18(2)22(19-12-6-3-7-13-19,20-14-8-4-9-15-20)21-16-10-5-11-17-21;;/h3-18H,1-2H3;;1H/q+1;;/p-1. The Hall–Kier alpha value is 0.0797. The molecule has 3 aromatic carbocycles. The van der Waals surface area contributed by atoms with E-state index >= 15 is 0 Å². The topological polar surface area (TPSA) is 0 Å². The Morgan fingerprint density at radius 2 is 0.792 bits per heavy atom. The van der Waals surface area contributed by atoms with Crippen LogP contribution in [0.25, 0.3) is 0 Å². The summed E-state index contributed by atoms with van der Waals surface area (Å²) in [5, 5.41) is 4.38. The van der Waals surface area contributed by atoms with E-state index in [1.165, 1.54) is 15.9 Å². The molecule has 0 aliphatic heterocycles. The van der Waals surface area contributed by atoms with Crippen LogP contribution in [0.5, 0.6) is 0 Å². The summed E-state index contributed by atoms with van der Waals surface area (Å²) in [6, 6.07) is 33.1. The van der Waals surface area contributed by atoms with Crippen molar-refractivity contribution in [3.63, 3.8) is 0 Å². The minimum atomic E-state index is -1.63. The molecule has 0 saturated carbocycles. The fourth-order valence-electron chi connectivity index (χ4n) is 3.33. The third-order valence-corrected chi connectivity index (χ3v) is 9.15. The average molecular weight is 472 g/mol. The zero-order chi connectivity index (χ0) is 15.4. The Morgan fingerprint density at radius 1 is 0.542 bits per heavy atom. The van der Waals surface area contributed by atoms with Crippen LogP contribution < -0.4 is 39.9 Å². The Morgan fingerprint density at radius 3 is 1.00 bits per heavy atom. The average Bonchev–Trinajstić information content (AvgIpc) is 2.58. The molecule has 0 unspecified atom stereocenters. The Labute approximate surface area is 193 Å². The van der Waals surface area contributed by atoms with Crippen molar-refractivity contribution in [2.24, 2.45) is 0 Å². The quantitative estimate of drug-likeness (QED) is 0.398. The summed E-state index contributed by atoms with van der Waals surface area (Å²) in [6.45, 7) is 4.72. The third kappa shape index (κ3) is 4.24. The van der Waals surface area contributed by atoms with Crippen LogP contribution in [0.4, 0.5) is 0 Å². The van der Waals surface area contributed by atoms with Crippen molar-refractivity contribution in [1.29, 1.82) is 0 Å². The zero-order valence-corrected chi connectivity index (χ0v) is 17.7. The minimum Gasteiger partial charge on any atom is -1.00 e. The fraction of sp³-hybridized carbons (Fsp3) is 0.143. The summed E-state index contributed by atoms with van der Waals surface area (Å²) in [5.74, 6) is 0. The smallest absolute Gasteiger partial charge is 0.114 e. The Balaban J connectivity index is 0.00000144.